The second-order valence-corrected chi connectivity index (χ2v) is 6.75. The zero-order valence-electron chi connectivity index (χ0n) is 12.5. The Labute approximate surface area is 114 Å². The van der Waals surface area contributed by atoms with Gasteiger partial charge in [-0.25, -0.2) is 0 Å². The lowest BCUT2D eigenvalue weighted by Gasteiger charge is -2.33. The van der Waals surface area contributed by atoms with Crippen molar-refractivity contribution in [3.8, 4) is 0 Å². The van der Waals surface area contributed by atoms with E-state index in [1.807, 2.05) is 0 Å². The minimum Gasteiger partial charge on any atom is -0.315 e. The van der Waals surface area contributed by atoms with Crippen molar-refractivity contribution in [3.63, 3.8) is 0 Å². The van der Waals surface area contributed by atoms with Crippen LogP contribution in [0.15, 0.2) is 0 Å². The van der Waals surface area contributed by atoms with E-state index in [0.29, 0.717) is 0 Å². The molecule has 0 aromatic rings. The Hall–Kier alpha value is -0.0800. The molecule has 0 heterocycles. The van der Waals surface area contributed by atoms with Gasteiger partial charge in [-0.3, -0.25) is 0 Å². The smallest absolute Gasteiger partial charge is 0.0107 e. The normalized spacial score (nSPS) is 30.2. The standard InChI is InChI=1S/C16H32N2/c1-14-7-9-16(10-8-14)18(2)12-11-17-13-15-5-3-4-6-15/h14-17H,3-13H2,1-2H3. The molecule has 2 nitrogen and oxygen atoms in total. The van der Waals surface area contributed by atoms with E-state index in [4.69, 9.17) is 0 Å². The van der Waals surface area contributed by atoms with Gasteiger partial charge in [-0.1, -0.05) is 19.8 Å². The number of nitrogens with one attached hydrogen (secondary N) is 1. The minimum atomic E-state index is 0.856. The van der Waals surface area contributed by atoms with E-state index in [9.17, 15) is 0 Å². The van der Waals surface area contributed by atoms with E-state index in [1.165, 1.54) is 71.0 Å². The molecule has 2 heteroatoms. The summed E-state index contributed by atoms with van der Waals surface area (Å²) in [4.78, 5) is 2.59. The Morgan fingerprint density at radius 1 is 1.00 bits per heavy atom. The van der Waals surface area contributed by atoms with Gasteiger partial charge < -0.3 is 10.2 Å². The molecule has 0 aromatic heterocycles. The molecule has 0 spiro atoms. The van der Waals surface area contributed by atoms with Crippen LogP contribution in [0.25, 0.3) is 0 Å². The summed E-state index contributed by atoms with van der Waals surface area (Å²) in [5, 5.41) is 3.66. The molecular formula is C16H32N2. The van der Waals surface area contributed by atoms with Crippen molar-refractivity contribution in [3.05, 3.63) is 0 Å². The topological polar surface area (TPSA) is 15.3 Å². The number of likely N-dealkylation sites (N-methyl/N-ethyl adjacent to an activating group) is 1. The Kier molecular flexibility index (Phi) is 5.97. The van der Waals surface area contributed by atoms with Crippen LogP contribution in [-0.4, -0.2) is 37.6 Å². The molecule has 0 radical (unpaired) electrons. The van der Waals surface area contributed by atoms with Gasteiger partial charge in [0, 0.05) is 19.1 Å². The lowest BCUT2D eigenvalue weighted by Crippen LogP contribution is -2.39. The summed E-state index contributed by atoms with van der Waals surface area (Å²) >= 11 is 0. The van der Waals surface area contributed by atoms with Gasteiger partial charge in [0.25, 0.3) is 0 Å². The summed E-state index contributed by atoms with van der Waals surface area (Å²) < 4.78 is 0. The maximum Gasteiger partial charge on any atom is 0.0107 e. The van der Waals surface area contributed by atoms with Crippen molar-refractivity contribution in [2.45, 2.75) is 64.3 Å². The molecule has 2 saturated carbocycles. The number of rotatable bonds is 6. The van der Waals surface area contributed by atoms with Crippen molar-refractivity contribution >= 4 is 0 Å². The first-order valence-electron chi connectivity index (χ1n) is 8.16. The van der Waals surface area contributed by atoms with Crippen LogP contribution in [0, 0.1) is 11.8 Å². The average molecular weight is 252 g/mol. The largest absolute Gasteiger partial charge is 0.315 e. The molecule has 0 aliphatic heterocycles. The van der Waals surface area contributed by atoms with Gasteiger partial charge in [0.1, 0.15) is 0 Å². The van der Waals surface area contributed by atoms with Crippen molar-refractivity contribution in [2.24, 2.45) is 11.8 Å². The first-order chi connectivity index (χ1) is 8.75. The van der Waals surface area contributed by atoms with E-state index in [2.05, 4.69) is 24.2 Å². The third-order valence-corrected chi connectivity index (χ3v) is 5.16. The van der Waals surface area contributed by atoms with E-state index in [-0.39, 0.29) is 0 Å². The Balaban J connectivity index is 1.52. The van der Waals surface area contributed by atoms with Crippen LogP contribution in [0.3, 0.4) is 0 Å². The highest BCUT2D eigenvalue weighted by Gasteiger charge is 2.21. The predicted molar refractivity (Wildman–Crippen MR) is 78.9 cm³/mol. The highest BCUT2D eigenvalue weighted by molar-refractivity contribution is 4.77. The van der Waals surface area contributed by atoms with Gasteiger partial charge in [0.15, 0.2) is 0 Å². The summed E-state index contributed by atoms with van der Waals surface area (Å²) in [7, 11) is 2.32. The third kappa shape index (κ3) is 4.55. The molecule has 1 N–H and O–H groups in total. The lowest BCUT2D eigenvalue weighted by molar-refractivity contribution is 0.170. The zero-order valence-corrected chi connectivity index (χ0v) is 12.5. The highest BCUT2D eigenvalue weighted by atomic mass is 15.1. The van der Waals surface area contributed by atoms with Crippen molar-refractivity contribution in [1.82, 2.24) is 10.2 Å². The molecular weight excluding hydrogens is 220 g/mol. The molecule has 2 aliphatic carbocycles. The average Bonchev–Trinajstić information content (AvgIpc) is 2.88. The van der Waals surface area contributed by atoms with E-state index in [0.717, 1.165) is 17.9 Å². The van der Waals surface area contributed by atoms with E-state index in [1.54, 1.807) is 0 Å². The highest BCUT2D eigenvalue weighted by Crippen LogP contribution is 2.26. The Morgan fingerprint density at radius 2 is 1.67 bits per heavy atom. The fraction of sp³-hybridized carbons (Fsp3) is 1.00. The molecule has 18 heavy (non-hydrogen) atoms. The second kappa shape index (κ2) is 7.49. The Morgan fingerprint density at radius 3 is 2.33 bits per heavy atom. The monoisotopic (exact) mass is 252 g/mol. The van der Waals surface area contributed by atoms with Crippen molar-refractivity contribution in [1.29, 1.82) is 0 Å². The second-order valence-electron chi connectivity index (χ2n) is 6.75. The van der Waals surface area contributed by atoms with E-state index >= 15 is 0 Å². The first kappa shape index (κ1) is 14.3. The van der Waals surface area contributed by atoms with Gasteiger partial charge in [-0.15, -0.1) is 0 Å². The van der Waals surface area contributed by atoms with Crippen LogP contribution in [0.2, 0.25) is 0 Å². The number of hydrogen-bond acceptors (Lipinski definition) is 2. The summed E-state index contributed by atoms with van der Waals surface area (Å²) in [5.41, 5.74) is 0. The van der Waals surface area contributed by atoms with Crippen LogP contribution in [0.5, 0.6) is 0 Å². The van der Waals surface area contributed by atoms with Crippen molar-refractivity contribution in [2.75, 3.05) is 26.7 Å². The fourth-order valence-corrected chi connectivity index (χ4v) is 3.64. The molecule has 2 rings (SSSR count). The molecule has 2 fully saturated rings. The van der Waals surface area contributed by atoms with Gasteiger partial charge in [-0.2, -0.15) is 0 Å². The minimum absolute atomic E-state index is 0.856. The third-order valence-electron chi connectivity index (χ3n) is 5.16. The molecule has 0 saturated heterocycles. The zero-order chi connectivity index (χ0) is 12.8. The van der Waals surface area contributed by atoms with Crippen LogP contribution in [0.4, 0.5) is 0 Å². The SMILES string of the molecule is CC1CCC(N(C)CCNCC2CCCC2)CC1. The molecule has 0 unspecified atom stereocenters. The Bertz CT molecular complexity index is 215. The van der Waals surface area contributed by atoms with Crippen LogP contribution in [-0.2, 0) is 0 Å². The quantitative estimate of drug-likeness (QED) is 0.730. The molecule has 0 atom stereocenters. The van der Waals surface area contributed by atoms with Crippen molar-refractivity contribution < 1.29 is 0 Å². The number of hydrogen-bond donors (Lipinski definition) is 1. The van der Waals surface area contributed by atoms with Gasteiger partial charge >= 0.3 is 0 Å². The first-order valence-corrected chi connectivity index (χ1v) is 8.16. The van der Waals surface area contributed by atoms with Crippen LogP contribution >= 0.6 is 0 Å². The summed E-state index contributed by atoms with van der Waals surface area (Å²) in [6.07, 6.45) is 11.6. The van der Waals surface area contributed by atoms with Gasteiger partial charge in [0.2, 0.25) is 0 Å². The number of nitrogens with zero attached hydrogens (tertiary/aromatic N) is 1. The summed E-state index contributed by atoms with van der Waals surface area (Å²) in [6, 6.07) is 0.856. The fourth-order valence-electron chi connectivity index (χ4n) is 3.64. The van der Waals surface area contributed by atoms with Gasteiger partial charge in [0.05, 0.1) is 0 Å². The van der Waals surface area contributed by atoms with Crippen LogP contribution < -0.4 is 5.32 Å². The maximum absolute atomic E-state index is 3.66. The summed E-state index contributed by atoms with van der Waals surface area (Å²) in [6.45, 7) is 6.07. The molecule has 106 valence electrons. The molecule has 0 bridgehead atoms. The maximum atomic E-state index is 3.66. The summed E-state index contributed by atoms with van der Waals surface area (Å²) in [5.74, 6) is 1.95. The molecule has 2 aliphatic rings. The lowest BCUT2D eigenvalue weighted by atomic mass is 9.87. The molecule has 0 amide bonds. The van der Waals surface area contributed by atoms with E-state index < -0.39 is 0 Å². The van der Waals surface area contributed by atoms with Crippen LogP contribution in [0.1, 0.15) is 58.3 Å². The molecule has 0 aromatic carbocycles. The van der Waals surface area contributed by atoms with Gasteiger partial charge in [-0.05, 0) is 64.0 Å². The predicted octanol–water partition coefficient (Wildman–Crippen LogP) is 3.28.